The van der Waals surface area contributed by atoms with Gasteiger partial charge in [-0.25, -0.2) is 4.99 Å². The van der Waals surface area contributed by atoms with Crippen molar-refractivity contribution in [3.05, 3.63) is 65.2 Å². The molecule has 0 saturated carbocycles. The average Bonchev–Trinajstić information content (AvgIpc) is 2.41. The number of rotatable bonds is 1. The number of thioether (sulfide) groups is 1. The highest BCUT2D eigenvalue weighted by Gasteiger charge is 2.14. The molecule has 1 nitrogen and oxygen atoms in total. The Morgan fingerprint density at radius 3 is 2.47 bits per heavy atom. The van der Waals surface area contributed by atoms with Crippen molar-refractivity contribution in [2.75, 3.05) is 0 Å². The SMILES string of the molecule is CC1=Nc2ccccc2/C(=C/c2ccc(C)cc2)S1. The van der Waals surface area contributed by atoms with Gasteiger partial charge >= 0.3 is 0 Å². The van der Waals surface area contributed by atoms with Crippen LogP contribution in [0.25, 0.3) is 11.0 Å². The fraction of sp³-hybridized carbons (Fsp3) is 0.118. The molecule has 0 saturated heterocycles. The quantitative estimate of drug-likeness (QED) is 0.682. The van der Waals surface area contributed by atoms with E-state index in [2.05, 4.69) is 67.4 Å². The van der Waals surface area contributed by atoms with Gasteiger partial charge in [-0.2, -0.15) is 0 Å². The summed E-state index contributed by atoms with van der Waals surface area (Å²) in [6.07, 6.45) is 2.24. The van der Waals surface area contributed by atoms with Gasteiger partial charge in [-0.3, -0.25) is 0 Å². The van der Waals surface area contributed by atoms with Crippen molar-refractivity contribution in [2.24, 2.45) is 4.99 Å². The minimum Gasteiger partial charge on any atom is -0.246 e. The van der Waals surface area contributed by atoms with Crippen molar-refractivity contribution in [3.8, 4) is 0 Å². The minimum atomic E-state index is 1.07. The van der Waals surface area contributed by atoms with Crippen LogP contribution < -0.4 is 0 Å². The van der Waals surface area contributed by atoms with Crippen LogP contribution in [0.15, 0.2) is 53.5 Å². The van der Waals surface area contributed by atoms with E-state index in [9.17, 15) is 0 Å². The number of aryl methyl sites for hydroxylation is 1. The average molecular weight is 265 g/mol. The first-order chi connectivity index (χ1) is 9.22. The summed E-state index contributed by atoms with van der Waals surface area (Å²) in [5, 5.41) is 1.09. The van der Waals surface area contributed by atoms with E-state index in [1.165, 1.54) is 21.6 Å². The largest absolute Gasteiger partial charge is 0.246 e. The molecule has 0 amide bonds. The monoisotopic (exact) mass is 265 g/mol. The third-order valence-electron chi connectivity index (χ3n) is 3.08. The van der Waals surface area contributed by atoms with Crippen LogP contribution in [-0.4, -0.2) is 5.04 Å². The lowest BCUT2D eigenvalue weighted by Gasteiger charge is -2.16. The third kappa shape index (κ3) is 2.64. The van der Waals surface area contributed by atoms with Gasteiger partial charge in [0.05, 0.1) is 10.7 Å². The lowest BCUT2D eigenvalue weighted by atomic mass is 10.1. The van der Waals surface area contributed by atoms with E-state index < -0.39 is 0 Å². The first kappa shape index (κ1) is 12.2. The molecule has 19 heavy (non-hydrogen) atoms. The Labute approximate surface area is 118 Å². The summed E-state index contributed by atoms with van der Waals surface area (Å²) in [5.74, 6) is 0. The van der Waals surface area contributed by atoms with Gasteiger partial charge in [0.25, 0.3) is 0 Å². The summed E-state index contributed by atoms with van der Waals surface area (Å²) < 4.78 is 0. The molecule has 0 unspecified atom stereocenters. The van der Waals surface area contributed by atoms with E-state index in [4.69, 9.17) is 0 Å². The van der Waals surface area contributed by atoms with Crippen molar-refractivity contribution in [2.45, 2.75) is 13.8 Å². The molecule has 94 valence electrons. The molecule has 3 rings (SSSR count). The third-order valence-corrected chi connectivity index (χ3v) is 4.02. The van der Waals surface area contributed by atoms with E-state index in [1.807, 2.05) is 6.07 Å². The Kier molecular flexibility index (Phi) is 3.26. The van der Waals surface area contributed by atoms with Crippen LogP contribution in [0.1, 0.15) is 23.6 Å². The van der Waals surface area contributed by atoms with Crippen LogP contribution in [-0.2, 0) is 0 Å². The van der Waals surface area contributed by atoms with Crippen LogP contribution in [0.3, 0.4) is 0 Å². The molecule has 1 aliphatic heterocycles. The van der Waals surface area contributed by atoms with E-state index in [1.54, 1.807) is 11.8 Å². The molecule has 0 spiro atoms. The van der Waals surface area contributed by atoms with Gasteiger partial charge in [-0.05, 0) is 31.6 Å². The molecule has 0 atom stereocenters. The molecule has 0 fully saturated rings. The molecule has 1 heterocycles. The summed E-state index contributed by atoms with van der Waals surface area (Å²) in [6.45, 7) is 4.17. The molecule has 0 radical (unpaired) electrons. The number of fused-ring (bicyclic) bond motifs is 1. The summed E-state index contributed by atoms with van der Waals surface area (Å²) in [6, 6.07) is 16.9. The van der Waals surface area contributed by atoms with Gasteiger partial charge in [-0.15, -0.1) is 0 Å². The van der Waals surface area contributed by atoms with E-state index in [0.717, 1.165) is 10.7 Å². The lowest BCUT2D eigenvalue weighted by Crippen LogP contribution is -1.94. The second kappa shape index (κ2) is 5.06. The molecule has 2 aromatic carbocycles. The van der Waals surface area contributed by atoms with Gasteiger partial charge in [0.1, 0.15) is 0 Å². The zero-order valence-electron chi connectivity index (χ0n) is 11.1. The Bertz CT molecular complexity index is 666. The lowest BCUT2D eigenvalue weighted by molar-refractivity contribution is 1.46. The van der Waals surface area contributed by atoms with Crippen LogP contribution >= 0.6 is 11.8 Å². The van der Waals surface area contributed by atoms with Crippen molar-refractivity contribution in [1.82, 2.24) is 0 Å². The summed E-state index contributed by atoms with van der Waals surface area (Å²) in [5.41, 5.74) is 4.81. The zero-order chi connectivity index (χ0) is 13.2. The van der Waals surface area contributed by atoms with Crippen molar-refractivity contribution in [1.29, 1.82) is 0 Å². The van der Waals surface area contributed by atoms with Gasteiger partial charge in [0, 0.05) is 10.5 Å². The normalized spacial score (nSPS) is 16.1. The van der Waals surface area contributed by atoms with Gasteiger partial charge < -0.3 is 0 Å². The number of aliphatic imine (C=N–C) groups is 1. The molecule has 0 bridgehead atoms. The number of nitrogens with zero attached hydrogens (tertiary/aromatic N) is 1. The number of hydrogen-bond acceptors (Lipinski definition) is 2. The van der Waals surface area contributed by atoms with Crippen LogP contribution in [0.5, 0.6) is 0 Å². The Morgan fingerprint density at radius 2 is 1.68 bits per heavy atom. The minimum absolute atomic E-state index is 1.07. The molecule has 2 heteroatoms. The number of para-hydroxylation sites is 1. The predicted molar refractivity (Wildman–Crippen MR) is 85.9 cm³/mol. The smallest absolute Gasteiger partial charge is 0.0755 e. The maximum absolute atomic E-state index is 4.59. The fourth-order valence-corrected chi connectivity index (χ4v) is 3.05. The molecule has 0 aliphatic carbocycles. The molecule has 0 aromatic heterocycles. The van der Waals surface area contributed by atoms with Gasteiger partial charge in [0.15, 0.2) is 0 Å². The number of benzene rings is 2. The van der Waals surface area contributed by atoms with Crippen LogP contribution in [0, 0.1) is 6.92 Å². The molecule has 2 aromatic rings. The van der Waals surface area contributed by atoms with Crippen molar-refractivity contribution in [3.63, 3.8) is 0 Å². The number of hydrogen-bond donors (Lipinski definition) is 0. The Morgan fingerprint density at radius 1 is 0.947 bits per heavy atom. The van der Waals surface area contributed by atoms with Crippen molar-refractivity contribution < 1.29 is 0 Å². The highest BCUT2D eigenvalue weighted by Crippen LogP contribution is 2.41. The zero-order valence-corrected chi connectivity index (χ0v) is 11.9. The molecular formula is C17H15NS. The highest BCUT2D eigenvalue weighted by atomic mass is 32.2. The van der Waals surface area contributed by atoms with E-state index in [-0.39, 0.29) is 0 Å². The molecule has 0 N–H and O–H groups in total. The first-order valence-electron chi connectivity index (χ1n) is 6.33. The van der Waals surface area contributed by atoms with Crippen molar-refractivity contribution >= 4 is 33.5 Å². The predicted octanol–water partition coefficient (Wildman–Crippen LogP) is 5.29. The first-order valence-corrected chi connectivity index (χ1v) is 7.15. The maximum atomic E-state index is 4.59. The second-order valence-corrected chi connectivity index (χ2v) is 5.90. The van der Waals surface area contributed by atoms with E-state index >= 15 is 0 Å². The fourth-order valence-electron chi connectivity index (χ4n) is 2.11. The highest BCUT2D eigenvalue weighted by molar-refractivity contribution is 8.22. The van der Waals surface area contributed by atoms with Crippen LogP contribution in [0.2, 0.25) is 0 Å². The van der Waals surface area contributed by atoms with Crippen LogP contribution in [0.4, 0.5) is 5.69 Å². The molecular weight excluding hydrogens is 250 g/mol. The second-order valence-electron chi connectivity index (χ2n) is 4.67. The summed E-state index contributed by atoms with van der Waals surface area (Å²) >= 11 is 1.74. The maximum Gasteiger partial charge on any atom is 0.0755 e. The Balaban J connectivity index is 2.06. The Hall–Kier alpha value is -1.80. The molecule has 1 aliphatic rings. The van der Waals surface area contributed by atoms with E-state index in [0.29, 0.717) is 0 Å². The topological polar surface area (TPSA) is 12.4 Å². The summed E-state index contributed by atoms with van der Waals surface area (Å²) in [4.78, 5) is 5.86. The van der Waals surface area contributed by atoms with Gasteiger partial charge in [0.2, 0.25) is 0 Å². The standard InChI is InChI=1S/C17H15NS/c1-12-7-9-14(10-8-12)11-17-15-5-3-4-6-16(15)18-13(2)19-17/h3-11H,1-2H3/b17-11-. The van der Waals surface area contributed by atoms with Gasteiger partial charge in [-0.1, -0.05) is 59.8 Å². The summed E-state index contributed by atoms with van der Waals surface area (Å²) in [7, 11) is 0.